The summed E-state index contributed by atoms with van der Waals surface area (Å²) in [4.78, 5) is 10.6. The zero-order chi connectivity index (χ0) is 18.6. The lowest BCUT2D eigenvalue weighted by atomic mass is 10.1. The highest BCUT2D eigenvalue weighted by Gasteiger charge is 2.39. The number of thioether (sulfide) groups is 1. The number of fused-ring (bicyclic) bond motifs is 1. The van der Waals surface area contributed by atoms with Gasteiger partial charge in [0, 0.05) is 17.9 Å². The quantitative estimate of drug-likeness (QED) is 0.564. The van der Waals surface area contributed by atoms with E-state index in [9.17, 15) is 9.90 Å². The Labute approximate surface area is 156 Å². The van der Waals surface area contributed by atoms with E-state index in [2.05, 4.69) is 10.6 Å². The van der Waals surface area contributed by atoms with Crippen LogP contribution in [-0.4, -0.2) is 34.9 Å². The lowest BCUT2D eigenvalue weighted by Gasteiger charge is -2.29. The van der Waals surface area contributed by atoms with Crippen molar-refractivity contribution in [1.29, 1.82) is 0 Å². The Morgan fingerprint density at radius 3 is 2.46 bits per heavy atom. The van der Waals surface area contributed by atoms with Crippen LogP contribution >= 0.6 is 11.8 Å². The molecular weight excluding hydrogens is 352 g/mol. The Hall–Kier alpha value is -2.38. The molecule has 0 fully saturated rings. The van der Waals surface area contributed by atoms with Crippen molar-refractivity contribution >= 4 is 29.1 Å². The lowest BCUT2D eigenvalue weighted by Crippen LogP contribution is -2.40. The van der Waals surface area contributed by atoms with E-state index in [1.807, 2.05) is 42.5 Å². The van der Waals surface area contributed by atoms with Crippen molar-refractivity contribution in [3.63, 3.8) is 0 Å². The van der Waals surface area contributed by atoms with Crippen molar-refractivity contribution in [1.82, 2.24) is 0 Å². The van der Waals surface area contributed by atoms with Crippen LogP contribution in [0.25, 0.3) is 0 Å². The van der Waals surface area contributed by atoms with Gasteiger partial charge in [-0.3, -0.25) is 4.79 Å². The summed E-state index contributed by atoms with van der Waals surface area (Å²) in [6, 6.07) is 13.5. The van der Waals surface area contributed by atoms with Gasteiger partial charge in [0.1, 0.15) is 5.75 Å². The monoisotopic (exact) mass is 374 g/mol. The van der Waals surface area contributed by atoms with Crippen LogP contribution in [0.5, 0.6) is 5.75 Å². The fourth-order valence-electron chi connectivity index (χ4n) is 3.02. The third kappa shape index (κ3) is 4.05. The average molecular weight is 374 g/mol. The number of carbonyl (C=O) groups is 1. The van der Waals surface area contributed by atoms with Crippen molar-refractivity contribution in [2.75, 3.05) is 24.4 Å². The molecule has 0 aromatic heterocycles. The van der Waals surface area contributed by atoms with E-state index < -0.39 is 11.0 Å². The van der Waals surface area contributed by atoms with E-state index in [4.69, 9.17) is 9.84 Å². The largest absolute Gasteiger partial charge is 0.496 e. The van der Waals surface area contributed by atoms with Crippen LogP contribution in [0.4, 0.5) is 11.4 Å². The van der Waals surface area contributed by atoms with Crippen molar-refractivity contribution in [2.24, 2.45) is 0 Å². The molecule has 0 spiro atoms. The zero-order valence-electron chi connectivity index (χ0n) is 14.5. The molecule has 0 atom stereocenters. The summed E-state index contributed by atoms with van der Waals surface area (Å²) in [5.74, 6) is 0.426. The molecule has 0 saturated heterocycles. The van der Waals surface area contributed by atoms with Crippen molar-refractivity contribution < 1.29 is 19.7 Å². The van der Waals surface area contributed by atoms with Crippen molar-refractivity contribution in [3.8, 4) is 5.75 Å². The number of aliphatic hydroxyl groups excluding tert-OH is 1. The molecule has 0 unspecified atom stereocenters. The van der Waals surface area contributed by atoms with Crippen LogP contribution in [0.2, 0.25) is 0 Å². The summed E-state index contributed by atoms with van der Waals surface area (Å²) in [6.07, 6.45) is 0.495. The van der Waals surface area contributed by atoms with Gasteiger partial charge in [0.05, 0.1) is 24.9 Å². The second kappa shape index (κ2) is 7.88. The topological polar surface area (TPSA) is 90.8 Å². The molecule has 1 heterocycles. The van der Waals surface area contributed by atoms with Gasteiger partial charge in [0.15, 0.2) is 4.99 Å². The van der Waals surface area contributed by atoms with Gasteiger partial charge in [-0.05, 0) is 30.2 Å². The molecular formula is C19H22N2O4S. The molecule has 26 heavy (non-hydrogen) atoms. The predicted molar refractivity (Wildman–Crippen MR) is 104 cm³/mol. The standard InChI is InChI=1S/C19H22N2O4S/c1-25-17-7-6-13(8-9-22)10-14(17)12-26-19(11-18(23)24)20-15-4-2-3-5-16(15)21-19/h2-7,10,20-22H,8-9,11-12H2,1H3,(H,23,24). The molecule has 0 aliphatic carbocycles. The molecule has 0 saturated carbocycles. The maximum absolute atomic E-state index is 11.4. The number of para-hydroxylation sites is 2. The molecule has 1 aliphatic rings. The Morgan fingerprint density at radius 1 is 1.19 bits per heavy atom. The summed E-state index contributed by atoms with van der Waals surface area (Å²) in [5.41, 5.74) is 3.77. The smallest absolute Gasteiger partial charge is 0.308 e. The first-order valence-electron chi connectivity index (χ1n) is 8.33. The van der Waals surface area contributed by atoms with Gasteiger partial charge in [-0.25, -0.2) is 0 Å². The molecule has 0 radical (unpaired) electrons. The number of nitrogens with one attached hydrogen (secondary N) is 2. The Kier molecular flexibility index (Phi) is 5.58. The molecule has 7 heteroatoms. The van der Waals surface area contributed by atoms with E-state index in [0.29, 0.717) is 12.2 Å². The fourth-order valence-corrected chi connectivity index (χ4v) is 4.24. The van der Waals surface area contributed by atoms with Crippen LogP contribution in [0.1, 0.15) is 17.5 Å². The van der Waals surface area contributed by atoms with E-state index in [1.54, 1.807) is 7.11 Å². The number of aliphatic carboxylic acids is 1. The number of benzene rings is 2. The maximum atomic E-state index is 11.4. The van der Waals surface area contributed by atoms with Gasteiger partial charge in [-0.15, -0.1) is 11.8 Å². The van der Waals surface area contributed by atoms with Crippen LogP contribution in [0.3, 0.4) is 0 Å². The second-order valence-corrected chi connectivity index (χ2v) is 7.38. The summed E-state index contributed by atoms with van der Waals surface area (Å²) in [7, 11) is 1.62. The number of carboxylic acid groups (broad SMARTS) is 1. The molecule has 0 amide bonds. The average Bonchev–Trinajstić information content (AvgIpc) is 2.98. The first-order valence-corrected chi connectivity index (χ1v) is 9.31. The van der Waals surface area contributed by atoms with Crippen LogP contribution in [-0.2, 0) is 17.0 Å². The van der Waals surface area contributed by atoms with E-state index in [0.717, 1.165) is 28.3 Å². The summed E-state index contributed by atoms with van der Waals surface area (Å²) in [5, 5.41) is 25.2. The number of methoxy groups -OCH3 is 1. The van der Waals surface area contributed by atoms with Crippen molar-refractivity contribution in [2.45, 2.75) is 23.6 Å². The SMILES string of the molecule is COc1ccc(CCO)cc1CSC1(CC(=O)O)Nc2ccccc2N1. The van der Waals surface area contributed by atoms with Crippen molar-refractivity contribution in [3.05, 3.63) is 53.6 Å². The highest BCUT2D eigenvalue weighted by molar-refractivity contribution is 8.00. The number of ether oxygens (including phenoxy) is 1. The third-order valence-electron chi connectivity index (χ3n) is 4.22. The van der Waals surface area contributed by atoms with Crippen LogP contribution < -0.4 is 15.4 Å². The van der Waals surface area contributed by atoms with Gasteiger partial charge in [-0.2, -0.15) is 0 Å². The van der Waals surface area contributed by atoms with Gasteiger partial charge in [0.2, 0.25) is 0 Å². The van der Waals surface area contributed by atoms with E-state index >= 15 is 0 Å². The van der Waals surface area contributed by atoms with E-state index in [-0.39, 0.29) is 13.0 Å². The van der Waals surface area contributed by atoms with Gasteiger partial charge in [0.25, 0.3) is 0 Å². The lowest BCUT2D eigenvalue weighted by molar-refractivity contribution is -0.137. The molecule has 4 N–H and O–H groups in total. The van der Waals surface area contributed by atoms with Crippen LogP contribution in [0.15, 0.2) is 42.5 Å². The maximum Gasteiger partial charge on any atom is 0.308 e. The number of anilines is 2. The first kappa shape index (κ1) is 18.4. The highest BCUT2D eigenvalue weighted by Crippen LogP contribution is 2.43. The predicted octanol–water partition coefficient (Wildman–Crippen LogP) is 3.13. The number of hydrogen-bond donors (Lipinski definition) is 4. The molecule has 0 bridgehead atoms. The van der Waals surface area contributed by atoms with Gasteiger partial charge < -0.3 is 25.6 Å². The second-order valence-electron chi connectivity index (χ2n) is 6.10. The Balaban J connectivity index is 1.81. The highest BCUT2D eigenvalue weighted by atomic mass is 32.2. The first-order chi connectivity index (χ1) is 12.5. The normalized spacial score (nSPS) is 14.2. The van der Waals surface area contributed by atoms with Gasteiger partial charge >= 0.3 is 5.97 Å². The van der Waals surface area contributed by atoms with Gasteiger partial charge in [-0.1, -0.05) is 24.3 Å². The Morgan fingerprint density at radius 2 is 1.88 bits per heavy atom. The number of rotatable bonds is 8. The molecule has 6 nitrogen and oxygen atoms in total. The number of hydrogen-bond acceptors (Lipinski definition) is 6. The summed E-state index contributed by atoms with van der Waals surface area (Å²) in [6.45, 7) is 0.0836. The molecule has 138 valence electrons. The fraction of sp³-hybridized carbons (Fsp3) is 0.316. The molecule has 3 rings (SSSR count). The number of carboxylic acids is 1. The molecule has 1 aliphatic heterocycles. The van der Waals surface area contributed by atoms with Crippen LogP contribution in [0, 0.1) is 0 Å². The number of aliphatic hydroxyl groups is 1. The molecule has 2 aromatic carbocycles. The summed E-state index contributed by atoms with van der Waals surface area (Å²) < 4.78 is 5.44. The Bertz CT molecular complexity index is 772. The minimum Gasteiger partial charge on any atom is -0.496 e. The minimum absolute atomic E-state index is 0.0784. The summed E-state index contributed by atoms with van der Waals surface area (Å²) >= 11 is 1.48. The molecule has 2 aromatic rings. The van der Waals surface area contributed by atoms with E-state index in [1.165, 1.54) is 11.8 Å². The minimum atomic E-state index is -0.883. The zero-order valence-corrected chi connectivity index (χ0v) is 15.3. The third-order valence-corrected chi connectivity index (χ3v) is 5.52.